The van der Waals surface area contributed by atoms with Crippen molar-refractivity contribution in [3.8, 4) is 0 Å². The molecule has 1 aliphatic rings. The molecular weight excluding hydrogens is 495 g/mol. The van der Waals surface area contributed by atoms with Crippen LogP contribution in [0.15, 0.2) is 71.1 Å². The fourth-order valence-electron chi connectivity index (χ4n) is 4.18. The molecule has 0 fully saturated rings. The fourth-order valence-corrected chi connectivity index (χ4v) is 5.35. The smallest absolute Gasteiger partial charge is 0.432 e. The van der Waals surface area contributed by atoms with E-state index in [1.165, 1.54) is 41.7 Å². The summed E-state index contributed by atoms with van der Waals surface area (Å²) in [7, 11) is -1.37. The number of benzene rings is 2. The Balaban J connectivity index is 1.72. The highest BCUT2D eigenvalue weighted by Gasteiger charge is 2.64. The van der Waals surface area contributed by atoms with Crippen molar-refractivity contribution in [1.29, 1.82) is 0 Å². The summed E-state index contributed by atoms with van der Waals surface area (Å²) in [5.41, 5.74) is -1.85. The van der Waals surface area contributed by atoms with E-state index < -0.39 is 33.9 Å². The number of rotatable bonds is 9. The van der Waals surface area contributed by atoms with Gasteiger partial charge in [-0.15, -0.1) is 0 Å². The van der Waals surface area contributed by atoms with Crippen LogP contribution in [-0.4, -0.2) is 51.7 Å². The van der Waals surface area contributed by atoms with Crippen molar-refractivity contribution in [3.63, 3.8) is 0 Å². The summed E-state index contributed by atoms with van der Waals surface area (Å²) in [6.07, 6.45) is -2.34. The van der Waals surface area contributed by atoms with Crippen molar-refractivity contribution in [2.75, 3.05) is 20.7 Å². The fraction of sp³-hybridized carbons (Fsp3) is 0.423. The van der Waals surface area contributed by atoms with Gasteiger partial charge in [-0.25, -0.2) is 17.5 Å². The van der Waals surface area contributed by atoms with E-state index in [0.29, 0.717) is 25.7 Å². The predicted molar refractivity (Wildman–Crippen MR) is 129 cm³/mol. The van der Waals surface area contributed by atoms with Gasteiger partial charge in [0.05, 0.1) is 4.90 Å². The molecule has 196 valence electrons. The van der Waals surface area contributed by atoms with Gasteiger partial charge in [-0.1, -0.05) is 53.6 Å². The molecule has 0 radical (unpaired) electrons. The summed E-state index contributed by atoms with van der Waals surface area (Å²) in [6, 6.07) is 13.2. The third-order valence-corrected chi connectivity index (χ3v) is 8.19. The number of halogens is 3. The Hall–Kier alpha value is -2.69. The van der Waals surface area contributed by atoms with Gasteiger partial charge in [0.25, 0.3) is 5.60 Å². The Morgan fingerprint density at radius 3 is 2.31 bits per heavy atom. The second kappa shape index (κ2) is 11.1. The normalized spacial score (nSPS) is 18.4. The molecule has 0 heterocycles. The van der Waals surface area contributed by atoms with Gasteiger partial charge in [-0.05, 0) is 50.8 Å². The maximum Gasteiger partial charge on any atom is 0.432 e. The third kappa shape index (κ3) is 5.82. The van der Waals surface area contributed by atoms with Crippen LogP contribution in [-0.2, 0) is 29.9 Å². The minimum atomic E-state index is -5.05. The zero-order valence-corrected chi connectivity index (χ0v) is 21.2. The van der Waals surface area contributed by atoms with E-state index in [1.807, 2.05) is 6.92 Å². The first-order valence-corrected chi connectivity index (χ1v) is 13.0. The summed E-state index contributed by atoms with van der Waals surface area (Å²) >= 11 is 0. The summed E-state index contributed by atoms with van der Waals surface area (Å²) in [4.78, 5) is 13.1. The summed E-state index contributed by atoms with van der Waals surface area (Å²) in [6.45, 7) is 2.04. The van der Waals surface area contributed by atoms with Crippen LogP contribution in [0.4, 0.5) is 13.2 Å². The molecule has 0 aromatic heterocycles. The molecule has 0 saturated carbocycles. The lowest BCUT2D eigenvalue weighted by Gasteiger charge is -2.34. The van der Waals surface area contributed by atoms with Crippen LogP contribution in [0.2, 0.25) is 0 Å². The maximum absolute atomic E-state index is 14.1. The molecule has 0 aliphatic heterocycles. The standard InChI is InChI=1S/C26H30F3NO5S/c1-19-12-14-23(15-13-19)36(32,33)30(2)17-16-20-8-7-11-22(18-20)35-24(31)25(34-3,26(27,28)29)21-9-5-4-6-10-21/h4-6,9-10,12-15,18,22H,7-8,11,16-17H2,1-3H3/t22-,25+/m1/s1. The maximum atomic E-state index is 14.1. The molecule has 2 aromatic carbocycles. The van der Waals surface area contributed by atoms with Crippen molar-refractivity contribution >= 4 is 16.0 Å². The van der Waals surface area contributed by atoms with Crippen LogP contribution in [0.3, 0.4) is 0 Å². The van der Waals surface area contributed by atoms with Crippen LogP contribution >= 0.6 is 0 Å². The van der Waals surface area contributed by atoms with E-state index in [1.54, 1.807) is 30.3 Å². The van der Waals surface area contributed by atoms with Crippen molar-refractivity contribution in [1.82, 2.24) is 4.31 Å². The highest BCUT2D eigenvalue weighted by atomic mass is 32.2. The number of hydrogen-bond acceptors (Lipinski definition) is 5. The minimum absolute atomic E-state index is 0.178. The van der Waals surface area contributed by atoms with E-state index >= 15 is 0 Å². The lowest BCUT2D eigenvalue weighted by atomic mass is 9.92. The topological polar surface area (TPSA) is 72.9 Å². The molecule has 0 saturated heterocycles. The number of alkyl halides is 3. The number of sulfonamides is 1. The van der Waals surface area contributed by atoms with Gasteiger partial charge in [0, 0.05) is 26.3 Å². The molecule has 0 unspecified atom stereocenters. The van der Waals surface area contributed by atoms with Gasteiger partial charge >= 0.3 is 12.1 Å². The SMILES string of the molecule is CO[C@](C(=O)O[C@H]1C=C(CCN(C)S(=O)(=O)c2ccc(C)cc2)CCC1)(c1ccccc1)C(F)(F)F. The molecule has 0 N–H and O–H groups in total. The van der Waals surface area contributed by atoms with Gasteiger partial charge in [0.2, 0.25) is 10.0 Å². The first-order chi connectivity index (χ1) is 16.9. The van der Waals surface area contributed by atoms with Crippen molar-refractivity contribution in [2.24, 2.45) is 0 Å². The van der Waals surface area contributed by atoms with Crippen LogP contribution < -0.4 is 0 Å². The van der Waals surface area contributed by atoms with Crippen LogP contribution in [0, 0.1) is 6.92 Å². The van der Waals surface area contributed by atoms with E-state index in [4.69, 9.17) is 9.47 Å². The minimum Gasteiger partial charge on any atom is -0.455 e. The van der Waals surface area contributed by atoms with Gasteiger partial charge in [-0.3, -0.25) is 0 Å². The summed E-state index contributed by atoms with van der Waals surface area (Å²) in [5, 5.41) is 0. The number of aryl methyl sites for hydroxylation is 1. The molecule has 2 atom stereocenters. The Morgan fingerprint density at radius 2 is 1.72 bits per heavy atom. The number of carbonyl (C=O) groups is 1. The van der Waals surface area contributed by atoms with E-state index in [0.717, 1.165) is 18.2 Å². The van der Waals surface area contributed by atoms with Crippen molar-refractivity contribution < 1.29 is 35.9 Å². The summed E-state index contributed by atoms with van der Waals surface area (Å²) in [5.74, 6) is -1.54. The van der Waals surface area contributed by atoms with Crippen LogP contribution in [0.5, 0.6) is 0 Å². The predicted octanol–water partition coefficient (Wildman–Crippen LogP) is 5.13. The molecule has 3 rings (SSSR count). The molecule has 1 aliphatic carbocycles. The lowest BCUT2D eigenvalue weighted by Crippen LogP contribution is -2.52. The first-order valence-electron chi connectivity index (χ1n) is 11.5. The number of ether oxygens (including phenoxy) is 2. The third-order valence-electron chi connectivity index (χ3n) is 6.32. The highest BCUT2D eigenvalue weighted by Crippen LogP contribution is 2.43. The zero-order valence-electron chi connectivity index (χ0n) is 20.4. The average Bonchev–Trinajstić information content (AvgIpc) is 2.83. The Labute approximate surface area is 209 Å². The Morgan fingerprint density at radius 1 is 1.08 bits per heavy atom. The molecule has 2 aromatic rings. The lowest BCUT2D eigenvalue weighted by molar-refractivity contribution is -0.277. The first kappa shape index (κ1) is 27.9. The van der Waals surface area contributed by atoms with Crippen LogP contribution in [0.1, 0.15) is 36.8 Å². The largest absolute Gasteiger partial charge is 0.455 e. The number of nitrogens with zero attached hydrogens (tertiary/aromatic N) is 1. The summed E-state index contributed by atoms with van der Waals surface area (Å²) < 4.78 is 79.3. The zero-order chi connectivity index (χ0) is 26.6. The van der Waals surface area contributed by atoms with E-state index in [2.05, 4.69) is 0 Å². The molecule has 0 amide bonds. The molecule has 10 heteroatoms. The van der Waals surface area contributed by atoms with E-state index in [-0.39, 0.29) is 17.0 Å². The second-order valence-electron chi connectivity index (χ2n) is 8.80. The van der Waals surface area contributed by atoms with Crippen molar-refractivity contribution in [2.45, 2.75) is 55.4 Å². The number of carbonyl (C=O) groups excluding carboxylic acids is 1. The van der Waals surface area contributed by atoms with Gasteiger partial charge in [0.1, 0.15) is 6.10 Å². The van der Waals surface area contributed by atoms with Gasteiger partial charge in [-0.2, -0.15) is 13.2 Å². The quantitative estimate of drug-likeness (QED) is 0.335. The highest BCUT2D eigenvalue weighted by molar-refractivity contribution is 7.89. The number of methoxy groups -OCH3 is 1. The molecule has 36 heavy (non-hydrogen) atoms. The van der Waals surface area contributed by atoms with Crippen molar-refractivity contribution in [3.05, 3.63) is 77.4 Å². The number of esters is 1. The van der Waals surface area contributed by atoms with Gasteiger partial charge in [0.15, 0.2) is 0 Å². The second-order valence-corrected chi connectivity index (χ2v) is 10.8. The van der Waals surface area contributed by atoms with E-state index in [9.17, 15) is 26.4 Å². The molecular formula is C26H30F3NO5S. The molecule has 0 spiro atoms. The number of hydrogen-bond donors (Lipinski definition) is 0. The molecule has 0 bridgehead atoms. The van der Waals surface area contributed by atoms with Crippen LogP contribution in [0.25, 0.3) is 0 Å². The Bertz CT molecular complexity index is 1180. The Kier molecular flexibility index (Phi) is 8.63. The molecule has 6 nitrogen and oxygen atoms in total. The monoisotopic (exact) mass is 525 g/mol. The average molecular weight is 526 g/mol. The van der Waals surface area contributed by atoms with Gasteiger partial charge < -0.3 is 9.47 Å².